The van der Waals surface area contributed by atoms with Crippen molar-refractivity contribution in [2.75, 3.05) is 26.8 Å². The number of carbonyl (C=O) groups excluding carboxylic acids is 1. The normalized spacial score (nSPS) is 18.7. The summed E-state index contributed by atoms with van der Waals surface area (Å²) in [7, 11) is 1.74. The first-order chi connectivity index (χ1) is 16.8. The van der Waals surface area contributed by atoms with Crippen LogP contribution in [0.2, 0.25) is 5.02 Å². The second-order valence-corrected chi connectivity index (χ2v) is 8.53. The highest BCUT2D eigenvalue weighted by atomic mass is 35.5. The minimum Gasteiger partial charge on any atom is -0.488 e. The van der Waals surface area contributed by atoms with Crippen molar-refractivity contribution in [2.45, 2.75) is 18.4 Å². The standard InChI is InChI=1S/C25H24ClF2N3O4/c1-13-19-17(35-25(13,12-30-2)18-5-3-4-8-31-18)11-15(27)22(26)21(19)20-14(24(29)33)6-7-16(23(20)28)34-10-9-32/h3-8,11,13,30,32H,9-10,12H2,1-2H3,(H2,29,33). The van der Waals surface area contributed by atoms with Gasteiger partial charge in [0.05, 0.1) is 22.9 Å². The van der Waals surface area contributed by atoms with Crippen LogP contribution in [0.1, 0.15) is 34.5 Å². The van der Waals surface area contributed by atoms with E-state index < -0.39 is 29.1 Å². The summed E-state index contributed by atoms with van der Waals surface area (Å²) in [4.78, 5) is 16.7. The van der Waals surface area contributed by atoms with E-state index in [0.717, 1.165) is 6.07 Å². The molecule has 35 heavy (non-hydrogen) atoms. The average molecular weight is 504 g/mol. The number of fused-ring (bicyclic) bond motifs is 1. The minimum atomic E-state index is -1.07. The van der Waals surface area contributed by atoms with Crippen LogP contribution in [0.5, 0.6) is 11.5 Å². The quantitative estimate of drug-likeness (QED) is 0.432. The van der Waals surface area contributed by atoms with Gasteiger partial charge < -0.3 is 25.6 Å². The molecule has 1 aromatic heterocycles. The van der Waals surface area contributed by atoms with E-state index in [1.165, 1.54) is 12.1 Å². The van der Waals surface area contributed by atoms with Gasteiger partial charge in [0, 0.05) is 41.4 Å². The fourth-order valence-corrected chi connectivity index (χ4v) is 4.85. The number of primary amides is 1. The zero-order chi connectivity index (χ0) is 25.3. The van der Waals surface area contributed by atoms with Crippen LogP contribution in [0.25, 0.3) is 11.1 Å². The van der Waals surface area contributed by atoms with Gasteiger partial charge in [-0.15, -0.1) is 0 Å². The molecule has 0 saturated heterocycles. The fraction of sp³-hybridized carbons (Fsp3) is 0.280. The number of rotatable bonds is 8. The number of pyridine rings is 1. The predicted molar refractivity (Wildman–Crippen MR) is 127 cm³/mol. The maximum absolute atomic E-state index is 15.8. The molecule has 2 aromatic carbocycles. The van der Waals surface area contributed by atoms with Gasteiger partial charge in [0.15, 0.2) is 17.2 Å². The molecule has 0 aliphatic carbocycles. The highest BCUT2D eigenvalue weighted by Gasteiger charge is 2.50. The smallest absolute Gasteiger partial charge is 0.249 e. The first kappa shape index (κ1) is 24.8. The van der Waals surface area contributed by atoms with Gasteiger partial charge >= 0.3 is 0 Å². The highest BCUT2D eigenvalue weighted by molar-refractivity contribution is 6.34. The van der Waals surface area contributed by atoms with Gasteiger partial charge in [0.2, 0.25) is 5.91 Å². The summed E-state index contributed by atoms with van der Waals surface area (Å²) >= 11 is 6.44. The van der Waals surface area contributed by atoms with Crippen LogP contribution in [0.4, 0.5) is 8.78 Å². The largest absolute Gasteiger partial charge is 0.488 e. The van der Waals surface area contributed by atoms with E-state index in [2.05, 4.69) is 10.3 Å². The van der Waals surface area contributed by atoms with E-state index in [4.69, 9.17) is 31.9 Å². The van der Waals surface area contributed by atoms with Crippen LogP contribution in [0.3, 0.4) is 0 Å². The monoisotopic (exact) mass is 503 g/mol. The van der Waals surface area contributed by atoms with Crippen LogP contribution in [0, 0.1) is 11.6 Å². The Morgan fingerprint density at radius 2 is 2.09 bits per heavy atom. The Labute approximate surface area is 205 Å². The summed E-state index contributed by atoms with van der Waals surface area (Å²) in [6, 6.07) is 9.00. The van der Waals surface area contributed by atoms with Crippen molar-refractivity contribution in [3.8, 4) is 22.6 Å². The lowest BCUT2D eigenvalue weighted by atomic mass is 9.79. The maximum Gasteiger partial charge on any atom is 0.249 e. The Hall–Kier alpha value is -3.27. The minimum absolute atomic E-state index is 0.0520. The van der Waals surface area contributed by atoms with E-state index in [1.807, 2.05) is 6.92 Å². The van der Waals surface area contributed by atoms with Crippen molar-refractivity contribution >= 4 is 17.5 Å². The number of nitrogens with one attached hydrogen (secondary N) is 1. The molecular formula is C25H24ClF2N3O4. The van der Waals surface area contributed by atoms with Gasteiger partial charge in [0.25, 0.3) is 0 Å². The number of nitrogens with two attached hydrogens (primary N) is 1. The van der Waals surface area contributed by atoms with Crippen LogP contribution in [-0.2, 0) is 5.60 Å². The lowest BCUT2D eigenvalue weighted by Gasteiger charge is -2.32. The zero-order valence-electron chi connectivity index (χ0n) is 19.1. The van der Waals surface area contributed by atoms with Crippen LogP contribution >= 0.6 is 11.6 Å². The van der Waals surface area contributed by atoms with Gasteiger partial charge in [-0.3, -0.25) is 9.78 Å². The SMILES string of the molecule is CNCC1(c2ccccn2)Oc2cc(F)c(Cl)c(-c3c(C(N)=O)ccc(OCCO)c3F)c2C1C. The number of halogens is 3. The number of benzene rings is 2. The Bertz CT molecular complexity index is 1280. The molecule has 7 nitrogen and oxygen atoms in total. The third-order valence-corrected chi connectivity index (χ3v) is 6.52. The molecule has 4 N–H and O–H groups in total. The van der Waals surface area contributed by atoms with Gasteiger partial charge in [-0.2, -0.15) is 0 Å². The number of nitrogens with zero attached hydrogens (tertiary/aromatic N) is 1. The first-order valence-electron chi connectivity index (χ1n) is 10.9. The molecule has 1 amide bonds. The third-order valence-electron chi connectivity index (χ3n) is 6.16. The number of ether oxygens (including phenoxy) is 2. The Kier molecular flexibility index (Phi) is 6.93. The van der Waals surface area contributed by atoms with E-state index in [9.17, 15) is 4.79 Å². The summed E-state index contributed by atoms with van der Waals surface area (Å²) in [5, 5.41) is 11.8. The molecule has 1 aliphatic heterocycles. The summed E-state index contributed by atoms with van der Waals surface area (Å²) in [5.41, 5.74) is 4.91. The number of aliphatic hydroxyl groups excluding tert-OH is 1. The Morgan fingerprint density at radius 1 is 1.31 bits per heavy atom. The summed E-state index contributed by atoms with van der Waals surface area (Å²) in [6.07, 6.45) is 1.62. The number of carbonyl (C=O) groups is 1. The first-order valence-corrected chi connectivity index (χ1v) is 11.3. The van der Waals surface area contributed by atoms with E-state index in [0.29, 0.717) is 17.8 Å². The van der Waals surface area contributed by atoms with Crippen LogP contribution in [0.15, 0.2) is 42.6 Å². The molecule has 0 saturated carbocycles. The molecule has 0 radical (unpaired) electrons. The van der Waals surface area contributed by atoms with Crippen LogP contribution in [-0.4, -0.2) is 42.8 Å². The highest BCUT2D eigenvalue weighted by Crippen LogP contribution is 2.56. The van der Waals surface area contributed by atoms with Crippen molar-refractivity contribution in [2.24, 2.45) is 5.73 Å². The van der Waals surface area contributed by atoms with Gasteiger partial charge in [-0.05, 0) is 31.3 Å². The molecule has 2 heterocycles. The number of amides is 1. The molecule has 3 aromatic rings. The van der Waals surface area contributed by atoms with Crippen molar-refractivity contribution < 1.29 is 28.2 Å². The van der Waals surface area contributed by atoms with E-state index >= 15 is 8.78 Å². The van der Waals surface area contributed by atoms with E-state index in [1.54, 1.807) is 31.4 Å². The number of likely N-dealkylation sites (N-methyl/N-ethyl adjacent to an activating group) is 1. The molecule has 0 bridgehead atoms. The molecule has 0 fully saturated rings. The van der Waals surface area contributed by atoms with Gasteiger partial charge in [0.1, 0.15) is 18.2 Å². The second-order valence-electron chi connectivity index (χ2n) is 8.15. The molecule has 2 unspecified atom stereocenters. The van der Waals surface area contributed by atoms with Crippen molar-refractivity contribution in [1.82, 2.24) is 10.3 Å². The summed E-state index contributed by atoms with van der Waals surface area (Å²) in [5.74, 6) is -3.35. The van der Waals surface area contributed by atoms with Crippen molar-refractivity contribution in [3.63, 3.8) is 0 Å². The number of aliphatic hydroxyl groups is 1. The lowest BCUT2D eigenvalue weighted by molar-refractivity contribution is 0.0673. The topological polar surface area (TPSA) is 107 Å². The van der Waals surface area contributed by atoms with Crippen molar-refractivity contribution in [1.29, 1.82) is 0 Å². The Morgan fingerprint density at radius 3 is 2.71 bits per heavy atom. The molecule has 1 aliphatic rings. The zero-order valence-corrected chi connectivity index (χ0v) is 19.8. The number of hydrogen-bond acceptors (Lipinski definition) is 6. The average Bonchev–Trinajstić information content (AvgIpc) is 3.12. The van der Waals surface area contributed by atoms with Gasteiger partial charge in [-0.1, -0.05) is 24.6 Å². The molecule has 184 valence electrons. The van der Waals surface area contributed by atoms with Crippen molar-refractivity contribution in [3.05, 3.63) is 76.1 Å². The number of hydrogen-bond donors (Lipinski definition) is 3. The van der Waals surface area contributed by atoms with E-state index in [-0.39, 0.29) is 46.4 Å². The molecular weight excluding hydrogens is 480 g/mol. The van der Waals surface area contributed by atoms with Crippen LogP contribution < -0.4 is 20.5 Å². The van der Waals surface area contributed by atoms with Gasteiger partial charge in [-0.25, -0.2) is 8.78 Å². The molecule has 0 spiro atoms. The lowest BCUT2D eigenvalue weighted by Crippen LogP contribution is -2.43. The molecule has 2 atom stereocenters. The summed E-state index contributed by atoms with van der Waals surface area (Å²) < 4.78 is 42.5. The molecule has 10 heteroatoms. The third kappa shape index (κ3) is 4.09. The second kappa shape index (κ2) is 9.77. The fourth-order valence-electron chi connectivity index (χ4n) is 4.60. The maximum atomic E-state index is 15.8. The predicted octanol–water partition coefficient (Wildman–Crippen LogP) is 3.76. The summed E-state index contributed by atoms with van der Waals surface area (Å²) in [6.45, 7) is 1.59. The number of aromatic nitrogens is 1. The Balaban J connectivity index is 2.02. The molecule has 4 rings (SSSR count).